The van der Waals surface area contributed by atoms with E-state index in [0.717, 1.165) is 73.4 Å². The standard InChI is InChI=1S/C52H42N4O4S8/c1-57-39-27-21-33(29-41(39)59-3)43-45-47(67-49(63-43)53-35-11-7-5-8-12-35)55(51(61)65-45)37-23-17-31(18-24-37)15-16-32-19-25-38(26-20-32)56-48-46(66-52(56)62)44(34-22-28-40(58-2)42(30-34)60-4)64-50(68-48)54-36-13-9-6-10-14-36/h5-14,17-30,43-44H,15-16H2,1-4H3/t43-,44-/m1/s1. The summed E-state index contributed by atoms with van der Waals surface area (Å²) in [7, 11) is 6.65. The first-order valence-electron chi connectivity index (χ1n) is 21.4. The van der Waals surface area contributed by atoms with Crippen LogP contribution in [0.25, 0.3) is 11.4 Å². The third kappa shape index (κ3) is 9.75. The van der Waals surface area contributed by atoms with Gasteiger partial charge in [-0.25, -0.2) is 9.98 Å². The number of aliphatic imine (C=N–C) groups is 2. The van der Waals surface area contributed by atoms with E-state index in [-0.39, 0.29) is 10.5 Å². The fraction of sp³-hybridized carbons (Fsp3) is 0.154. The van der Waals surface area contributed by atoms with Crippen LogP contribution in [0.15, 0.2) is 166 Å². The van der Waals surface area contributed by atoms with E-state index in [4.69, 9.17) is 53.4 Å². The number of fused-ring (bicyclic) bond motifs is 2. The molecule has 8 nitrogen and oxygen atoms in total. The maximum Gasteiger partial charge on any atom is 0.166 e. The quantitative estimate of drug-likeness (QED) is 0.104. The molecule has 6 aromatic carbocycles. The third-order valence-electron chi connectivity index (χ3n) is 11.3. The highest BCUT2D eigenvalue weighted by molar-refractivity contribution is 8.40. The topological polar surface area (TPSA) is 71.5 Å². The van der Waals surface area contributed by atoms with Gasteiger partial charge in [-0.3, -0.25) is 9.13 Å². The Morgan fingerprint density at radius 1 is 0.471 bits per heavy atom. The monoisotopic (exact) mass is 1040 g/mol. The second kappa shape index (κ2) is 20.9. The van der Waals surface area contributed by atoms with Crippen LogP contribution in [0.1, 0.15) is 42.5 Å². The molecule has 2 aliphatic heterocycles. The van der Waals surface area contributed by atoms with Crippen molar-refractivity contribution in [1.29, 1.82) is 0 Å². The predicted molar refractivity (Wildman–Crippen MR) is 293 cm³/mol. The summed E-state index contributed by atoms with van der Waals surface area (Å²) >= 11 is 22.4. The normalized spacial score (nSPS) is 16.6. The smallest absolute Gasteiger partial charge is 0.166 e. The van der Waals surface area contributed by atoms with Gasteiger partial charge in [0.1, 0.15) is 18.8 Å². The molecule has 2 aromatic heterocycles. The first-order valence-corrected chi connectivity index (χ1v) is 27.3. The second-order valence-electron chi connectivity index (χ2n) is 15.4. The van der Waals surface area contributed by atoms with Crippen molar-refractivity contribution < 1.29 is 18.9 Å². The van der Waals surface area contributed by atoms with Crippen LogP contribution < -0.4 is 18.9 Å². The van der Waals surface area contributed by atoms with Gasteiger partial charge in [0, 0.05) is 11.4 Å². The summed E-state index contributed by atoms with van der Waals surface area (Å²) in [6, 6.07) is 50.1. The van der Waals surface area contributed by atoms with Crippen LogP contribution in [0.4, 0.5) is 11.4 Å². The van der Waals surface area contributed by atoms with Crippen LogP contribution in [0, 0.1) is 7.91 Å². The number of aromatic nitrogens is 2. The van der Waals surface area contributed by atoms with E-state index in [9.17, 15) is 0 Å². The summed E-state index contributed by atoms with van der Waals surface area (Å²) in [6.07, 6.45) is 1.78. The van der Waals surface area contributed by atoms with Crippen molar-refractivity contribution in [3.63, 3.8) is 0 Å². The summed E-state index contributed by atoms with van der Waals surface area (Å²) in [5.41, 5.74) is 8.57. The highest BCUT2D eigenvalue weighted by Gasteiger charge is 2.34. The lowest BCUT2D eigenvalue weighted by atomic mass is 10.0. The number of methoxy groups -OCH3 is 4. The molecule has 2 atom stereocenters. The van der Waals surface area contributed by atoms with E-state index >= 15 is 0 Å². The molecule has 16 heteroatoms. The molecule has 0 fully saturated rings. The molecule has 68 heavy (non-hydrogen) atoms. The zero-order valence-electron chi connectivity index (χ0n) is 37.1. The Labute approximate surface area is 430 Å². The van der Waals surface area contributed by atoms with Gasteiger partial charge in [-0.2, -0.15) is 0 Å². The molecule has 0 spiro atoms. The maximum absolute atomic E-state index is 6.12. The van der Waals surface area contributed by atoms with Gasteiger partial charge in [0.2, 0.25) is 0 Å². The van der Waals surface area contributed by atoms with Crippen LogP contribution in [0.3, 0.4) is 0 Å². The molecule has 0 radical (unpaired) electrons. The molecule has 8 aromatic rings. The zero-order valence-corrected chi connectivity index (χ0v) is 43.6. The van der Waals surface area contributed by atoms with Crippen molar-refractivity contribution in [2.24, 2.45) is 9.98 Å². The summed E-state index contributed by atoms with van der Waals surface area (Å²) in [5.74, 6) is 2.77. The number of rotatable bonds is 13. The van der Waals surface area contributed by atoms with Gasteiger partial charge in [-0.1, -0.05) is 96.3 Å². The number of ether oxygens (including phenoxy) is 4. The Hall–Kier alpha value is -5.04. The van der Waals surface area contributed by atoms with E-state index in [1.165, 1.54) is 20.9 Å². The van der Waals surface area contributed by atoms with Gasteiger partial charge in [0.15, 0.2) is 30.9 Å². The van der Waals surface area contributed by atoms with Crippen molar-refractivity contribution >= 4 is 114 Å². The van der Waals surface area contributed by atoms with E-state index in [1.54, 1.807) is 98.2 Å². The van der Waals surface area contributed by atoms with Crippen LogP contribution in [0.2, 0.25) is 0 Å². The third-order valence-corrected chi connectivity index (χ3v) is 19.6. The maximum atomic E-state index is 6.12. The Bertz CT molecular complexity index is 3070. The molecule has 0 unspecified atom stereocenters. The number of para-hydroxylation sites is 2. The van der Waals surface area contributed by atoms with Crippen molar-refractivity contribution in [3.05, 3.63) is 186 Å². The van der Waals surface area contributed by atoms with Gasteiger partial charge < -0.3 is 18.9 Å². The number of hydrogen-bond donors (Lipinski definition) is 0. The molecular weight excluding hydrogens is 1000 g/mol. The zero-order chi connectivity index (χ0) is 46.7. The van der Waals surface area contributed by atoms with Crippen LogP contribution in [0.5, 0.6) is 23.0 Å². The van der Waals surface area contributed by atoms with E-state index in [1.807, 2.05) is 72.8 Å². The molecule has 2 aliphatic rings. The molecule has 0 bridgehead atoms. The summed E-state index contributed by atoms with van der Waals surface area (Å²) in [6.45, 7) is 0. The fourth-order valence-electron chi connectivity index (χ4n) is 7.94. The van der Waals surface area contributed by atoms with Crippen molar-refractivity contribution in [2.45, 2.75) is 33.4 Å². The van der Waals surface area contributed by atoms with E-state index in [0.29, 0.717) is 23.0 Å². The van der Waals surface area contributed by atoms with Gasteiger partial charge in [0.25, 0.3) is 0 Å². The van der Waals surface area contributed by atoms with E-state index < -0.39 is 0 Å². The van der Waals surface area contributed by atoms with Gasteiger partial charge >= 0.3 is 0 Å². The van der Waals surface area contributed by atoms with Crippen LogP contribution in [-0.4, -0.2) is 46.3 Å². The number of thioether (sulfide) groups is 4. The summed E-state index contributed by atoms with van der Waals surface area (Å²) < 4.78 is 30.5. The average Bonchev–Trinajstić information content (AvgIpc) is 3.90. The Morgan fingerprint density at radius 3 is 1.22 bits per heavy atom. The lowest BCUT2D eigenvalue weighted by molar-refractivity contribution is 0.354. The summed E-state index contributed by atoms with van der Waals surface area (Å²) in [5, 5.41) is 2.11. The van der Waals surface area contributed by atoms with Crippen molar-refractivity contribution in [1.82, 2.24) is 9.13 Å². The molecule has 0 N–H and O–H groups in total. The lowest BCUT2D eigenvalue weighted by Gasteiger charge is -2.24. The van der Waals surface area contributed by atoms with Crippen LogP contribution in [-0.2, 0) is 12.8 Å². The highest BCUT2D eigenvalue weighted by Crippen LogP contribution is 2.55. The lowest BCUT2D eigenvalue weighted by Crippen LogP contribution is -2.09. The first-order chi connectivity index (χ1) is 33.3. The molecule has 0 saturated carbocycles. The molecular formula is C52H42N4O4S8. The Balaban J connectivity index is 0.896. The average molecular weight is 1040 g/mol. The summed E-state index contributed by atoms with van der Waals surface area (Å²) in [4.78, 5) is 12.6. The number of thiazole rings is 2. The number of hydrogen-bond acceptors (Lipinski definition) is 14. The van der Waals surface area contributed by atoms with Gasteiger partial charge in [-0.15, -0.1) is 22.7 Å². The minimum atomic E-state index is -0.0296. The second-order valence-corrected chi connectivity index (χ2v) is 23.4. The highest BCUT2D eigenvalue weighted by atomic mass is 32.2. The molecule has 0 saturated heterocycles. The fourth-order valence-corrected chi connectivity index (χ4v) is 16.9. The number of aryl methyl sites for hydroxylation is 2. The largest absolute Gasteiger partial charge is 0.493 e. The van der Waals surface area contributed by atoms with E-state index in [2.05, 4.69) is 81.9 Å². The minimum Gasteiger partial charge on any atom is -0.493 e. The molecule has 0 aliphatic carbocycles. The van der Waals surface area contributed by atoms with Crippen molar-refractivity contribution in [2.75, 3.05) is 28.4 Å². The molecule has 10 rings (SSSR count). The van der Waals surface area contributed by atoms with Gasteiger partial charge in [0.05, 0.1) is 60.1 Å². The van der Waals surface area contributed by atoms with Crippen molar-refractivity contribution in [3.8, 4) is 34.4 Å². The minimum absolute atomic E-state index is 0.0296. The number of nitrogens with zero attached hydrogens (tertiary/aromatic N) is 4. The molecule has 4 heterocycles. The number of benzene rings is 6. The predicted octanol–water partition coefficient (Wildman–Crippen LogP) is 15.9. The molecule has 342 valence electrons. The SMILES string of the molecule is COc1ccc([C@H]2SC(=Nc3ccccc3)Sc3c2sc(=S)n3-c2ccc(CCc3ccc(-n4c5c(sc4=S)[C@@H](c4ccc(OC)c(OC)c4)SC(=Nc4ccccc4)S5)cc3)cc2)cc1OC. The van der Waals surface area contributed by atoms with Crippen LogP contribution >= 0.6 is 94.2 Å². The Morgan fingerprint density at radius 2 is 0.853 bits per heavy atom. The van der Waals surface area contributed by atoms with Gasteiger partial charge in [-0.05, 0) is 156 Å². The molecule has 0 amide bonds. The Kier molecular flexibility index (Phi) is 14.3. The first kappa shape index (κ1) is 46.7.